The molecule has 0 radical (unpaired) electrons. The summed E-state index contributed by atoms with van der Waals surface area (Å²) < 4.78 is 43.1. The van der Waals surface area contributed by atoms with E-state index in [1.54, 1.807) is 12.3 Å². The first-order valence-corrected chi connectivity index (χ1v) is 11.9. The van der Waals surface area contributed by atoms with Gasteiger partial charge in [0.05, 0.1) is 11.1 Å². The van der Waals surface area contributed by atoms with Crippen molar-refractivity contribution < 1.29 is 13.2 Å². The molecule has 0 saturated carbocycles. The molecule has 0 spiro atoms. The molecule has 8 heteroatoms. The van der Waals surface area contributed by atoms with Gasteiger partial charge < -0.3 is 14.4 Å². The quantitative estimate of drug-likeness (QED) is 0.411. The fourth-order valence-electron chi connectivity index (χ4n) is 4.49. The summed E-state index contributed by atoms with van der Waals surface area (Å²) in [5.41, 5.74) is 0.450. The topological polar surface area (TPSA) is 37.2 Å². The van der Waals surface area contributed by atoms with E-state index in [1.165, 1.54) is 6.07 Å². The maximum Gasteiger partial charge on any atom is 0.418 e. The highest BCUT2D eigenvalue weighted by Gasteiger charge is 2.34. The second-order valence-corrected chi connectivity index (χ2v) is 9.20. The third-order valence-corrected chi connectivity index (χ3v) is 6.58. The fourth-order valence-corrected chi connectivity index (χ4v) is 4.49. The Balaban J connectivity index is 1.77. The molecule has 0 N–H and O–H groups in total. The van der Waals surface area contributed by atoms with Crippen LogP contribution in [-0.4, -0.2) is 45.6 Å². The van der Waals surface area contributed by atoms with Gasteiger partial charge >= 0.3 is 6.18 Å². The van der Waals surface area contributed by atoms with Gasteiger partial charge in [0.1, 0.15) is 17.2 Å². The Morgan fingerprint density at radius 3 is 2.65 bits per heavy atom. The van der Waals surface area contributed by atoms with Crippen molar-refractivity contribution in [2.75, 3.05) is 25.0 Å². The van der Waals surface area contributed by atoms with Gasteiger partial charge in [0.15, 0.2) is 0 Å². The average Bonchev–Trinajstić information content (AvgIpc) is 3.40. The number of halogens is 3. The molecular formula is C26H32F3N5. The Bertz CT molecular complexity index is 1150. The van der Waals surface area contributed by atoms with Crippen molar-refractivity contribution in [1.82, 2.24) is 19.4 Å². The Hall–Kier alpha value is -3.03. The summed E-state index contributed by atoms with van der Waals surface area (Å²) >= 11 is 0. The van der Waals surface area contributed by atoms with Gasteiger partial charge in [-0.15, -0.1) is 0 Å². The molecule has 0 bridgehead atoms. The molecule has 2 unspecified atom stereocenters. The van der Waals surface area contributed by atoms with Gasteiger partial charge in [0.2, 0.25) is 0 Å². The van der Waals surface area contributed by atoms with Crippen molar-refractivity contribution in [3.8, 4) is 11.4 Å². The number of aromatic nitrogens is 3. The zero-order valence-corrected chi connectivity index (χ0v) is 20.2. The highest BCUT2D eigenvalue weighted by atomic mass is 19.4. The van der Waals surface area contributed by atoms with Crippen LogP contribution in [0.3, 0.4) is 0 Å². The number of allylic oxidation sites excluding steroid dienone is 1. The van der Waals surface area contributed by atoms with E-state index in [0.29, 0.717) is 29.5 Å². The van der Waals surface area contributed by atoms with Crippen molar-refractivity contribution in [3.63, 3.8) is 0 Å². The van der Waals surface area contributed by atoms with E-state index in [-0.39, 0.29) is 11.4 Å². The Labute approximate surface area is 198 Å². The number of fused-ring (bicyclic) bond motifs is 1. The molecule has 1 aromatic carbocycles. The Morgan fingerprint density at radius 1 is 1.24 bits per heavy atom. The van der Waals surface area contributed by atoms with Crippen LogP contribution in [0, 0.1) is 5.92 Å². The van der Waals surface area contributed by atoms with Crippen molar-refractivity contribution in [2.45, 2.75) is 52.4 Å². The molecule has 1 aliphatic heterocycles. The molecule has 2 aromatic heterocycles. The fraction of sp³-hybridized carbons (Fsp3) is 0.462. The van der Waals surface area contributed by atoms with Crippen LogP contribution in [0.4, 0.5) is 19.0 Å². The Kier molecular flexibility index (Phi) is 6.86. The number of benzene rings is 1. The van der Waals surface area contributed by atoms with Gasteiger partial charge in [0.25, 0.3) is 0 Å². The van der Waals surface area contributed by atoms with Gasteiger partial charge in [-0.2, -0.15) is 13.2 Å². The van der Waals surface area contributed by atoms with E-state index in [1.807, 2.05) is 29.9 Å². The van der Waals surface area contributed by atoms with E-state index in [9.17, 15) is 13.2 Å². The largest absolute Gasteiger partial charge is 0.418 e. The van der Waals surface area contributed by atoms with Gasteiger partial charge in [-0.3, -0.25) is 0 Å². The smallest absolute Gasteiger partial charge is 0.381 e. The van der Waals surface area contributed by atoms with Crippen molar-refractivity contribution in [3.05, 3.63) is 54.4 Å². The lowest BCUT2D eigenvalue weighted by Crippen LogP contribution is -2.26. The first kappa shape index (κ1) is 24.1. The summed E-state index contributed by atoms with van der Waals surface area (Å²) in [7, 11) is 1.99. The third-order valence-electron chi connectivity index (χ3n) is 6.58. The number of nitrogens with zero attached hydrogens (tertiary/aromatic N) is 5. The van der Waals surface area contributed by atoms with E-state index in [4.69, 9.17) is 0 Å². The number of imidazole rings is 1. The van der Waals surface area contributed by atoms with Gasteiger partial charge in [-0.05, 0) is 63.1 Å². The van der Waals surface area contributed by atoms with Gasteiger partial charge in [0, 0.05) is 44.5 Å². The Morgan fingerprint density at radius 2 is 2.03 bits per heavy atom. The van der Waals surface area contributed by atoms with Crippen molar-refractivity contribution >= 4 is 16.9 Å². The molecule has 1 fully saturated rings. The van der Waals surface area contributed by atoms with E-state index >= 15 is 0 Å². The average molecular weight is 472 g/mol. The lowest BCUT2D eigenvalue weighted by Gasteiger charge is -2.22. The van der Waals surface area contributed by atoms with Crippen LogP contribution in [-0.2, 0) is 12.7 Å². The molecule has 0 amide bonds. The van der Waals surface area contributed by atoms with Crippen molar-refractivity contribution in [2.24, 2.45) is 5.92 Å². The second-order valence-electron chi connectivity index (χ2n) is 9.20. The van der Waals surface area contributed by atoms with Crippen LogP contribution in [0.1, 0.15) is 39.2 Å². The summed E-state index contributed by atoms with van der Waals surface area (Å²) in [5.74, 6) is 1.49. The van der Waals surface area contributed by atoms with Crippen LogP contribution in [0.2, 0.25) is 0 Å². The zero-order chi connectivity index (χ0) is 24.5. The lowest BCUT2D eigenvalue weighted by atomic mass is 10.1. The van der Waals surface area contributed by atoms with Crippen LogP contribution in [0.5, 0.6) is 0 Å². The first-order chi connectivity index (χ1) is 16.2. The SMILES string of the molecule is CCN(C)/C=C\C(C)Cn1c(-c2ccc(N3CCCC3C)nc2)nc2c(C(F)(F)F)cccc21. The van der Waals surface area contributed by atoms with Gasteiger partial charge in [-0.1, -0.05) is 19.1 Å². The maximum atomic E-state index is 13.8. The molecule has 5 nitrogen and oxygen atoms in total. The maximum absolute atomic E-state index is 13.8. The van der Waals surface area contributed by atoms with E-state index < -0.39 is 11.7 Å². The van der Waals surface area contributed by atoms with Crippen LogP contribution >= 0.6 is 0 Å². The summed E-state index contributed by atoms with van der Waals surface area (Å²) in [5, 5.41) is 0. The lowest BCUT2D eigenvalue weighted by molar-refractivity contribution is -0.136. The molecule has 1 aliphatic rings. The first-order valence-electron chi connectivity index (χ1n) is 11.9. The second kappa shape index (κ2) is 9.68. The summed E-state index contributed by atoms with van der Waals surface area (Å²) in [4.78, 5) is 13.5. The van der Waals surface area contributed by atoms with Crippen LogP contribution < -0.4 is 4.90 Å². The predicted octanol–water partition coefficient (Wildman–Crippen LogP) is 6.21. The van der Waals surface area contributed by atoms with E-state index in [0.717, 1.165) is 37.8 Å². The number of hydrogen-bond acceptors (Lipinski definition) is 4. The summed E-state index contributed by atoms with van der Waals surface area (Å²) in [6.45, 7) is 8.66. The van der Waals surface area contributed by atoms with Gasteiger partial charge in [-0.25, -0.2) is 9.97 Å². The summed E-state index contributed by atoms with van der Waals surface area (Å²) in [6.07, 6.45) is 3.62. The minimum absolute atomic E-state index is 0.0240. The number of anilines is 1. The molecule has 182 valence electrons. The zero-order valence-electron chi connectivity index (χ0n) is 20.2. The molecule has 2 atom stereocenters. The monoisotopic (exact) mass is 471 g/mol. The predicted molar refractivity (Wildman–Crippen MR) is 131 cm³/mol. The number of hydrogen-bond donors (Lipinski definition) is 0. The normalized spacial score (nSPS) is 17.7. The minimum atomic E-state index is -4.47. The third kappa shape index (κ3) is 4.91. The summed E-state index contributed by atoms with van der Waals surface area (Å²) in [6, 6.07) is 8.57. The number of pyridine rings is 1. The van der Waals surface area contributed by atoms with E-state index in [2.05, 4.69) is 46.6 Å². The number of rotatable bonds is 7. The molecule has 1 saturated heterocycles. The molecule has 3 aromatic rings. The van der Waals surface area contributed by atoms with Crippen molar-refractivity contribution in [1.29, 1.82) is 0 Å². The highest BCUT2D eigenvalue weighted by Crippen LogP contribution is 2.37. The number of alkyl halides is 3. The minimum Gasteiger partial charge on any atom is -0.381 e. The standard InChI is InChI=1S/C26H32F3N5/c1-5-32(4)15-13-18(2)17-34-22-10-6-9-21(26(27,28)29)24(22)31-25(34)20-11-12-23(30-16-20)33-14-7-8-19(33)3/h6,9-13,15-16,18-19H,5,7-8,14,17H2,1-4H3/b15-13-. The molecule has 34 heavy (non-hydrogen) atoms. The van der Waals surface area contributed by atoms with Crippen LogP contribution in [0.25, 0.3) is 22.4 Å². The van der Waals surface area contributed by atoms with Crippen LogP contribution in [0.15, 0.2) is 48.8 Å². The highest BCUT2D eigenvalue weighted by molar-refractivity contribution is 5.84. The number of para-hydroxylation sites is 1. The molecular weight excluding hydrogens is 439 g/mol. The molecule has 0 aliphatic carbocycles. The molecule has 4 rings (SSSR count). The molecule has 3 heterocycles.